The summed E-state index contributed by atoms with van der Waals surface area (Å²) in [6, 6.07) is -0.396. The van der Waals surface area contributed by atoms with Crippen molar-refractivity contribution in [3.63, 3.8) is 0 Å². The second-order valence-electron chi connectivity index (χ2n) is 4.35. The summed E-state index contributed by atoms with van der Waals surface area (Å²) in [5, 5.41) is 13.8. The van der Waals surface area contributed by atoms with E-state index in [9.17, 15) is 9.90 Å². The molecule has 18 heavy (non-hydrogen) atoms. The van der Waals surface area contributed by atoms with Gasteiger partial charge in [0.05, 0.1) is 19.8 Å². The third-order valence-corrected chi connectivity index (χ3v) is 3.19. The number of methoxy groups -OCH3 is 1. The molecule has 2 atom stereocenters. The minimum atomic E-state index is -0.493. The van der Waals surface area contributed by atoms with Gasteiger partial charge in [0.15, 0.2) is 0 Å². The van der Waals surface area contributed by atoms with Crippen LogP contribution in [0, 0.1) is 0 Å². The van der Waals surface area contributed by atoms with Crippen LogP contribution in [-0.4, -0.2) is 56.5 Å². The maximum Gasteiger partial charge on any atom is 0.323 e. The number of aliphatic hydroxyl groups is 1. The monoisotopic (exact) mass is 254 g/mol. The lowest BCUT2D eigenvalue weighted by molar-refractivity contribution is -0.146. The first-order chi connectivity index (χ1) is 8.65. The zero-order chi connectivity index (χ0) is 13.1. The Morgan fingerprint density at radius 3 is 3.11 bits per heavy atom. The molecule has 0 aliphatic carbocycles. The number of hydrogen-bond acceptors (Lipinski definition) is 6. The van der Waals surface area contributed by atoms with Crippen LogP contribution in [0.15, 0.2) is 6.33 Å². The van der Waals surface area contributed by atoms with Crippen LogP contribution in [0.3, 0.4) is 0 Å². The first-order valence-electron chi connectivity index (χ1n) is 6.02. The van der Waals surface area contributed by atoms with Gasteiger partial charge in [-0.15, -0.1) is 0 Å². The fraction of sp³-hybridized carbons (Fsp3) is 0.727. The van der Waals surface area contributed by atoms with Gasteiger partial charge in [-0.1, -0.05) is 0 Å². The number of aryl methyl sites for hydroxylation is 1. The van der Waals surface area contributed by atoms with Crippen molar-refractivity contribution in [1.29, 1.82) is 0 Å². The van der Waals surface area contributed by atoms with Gasteiger partial charge in [-0.3, -0.25) is 9.69 Å². The van der Waals surface area contributed by atoms with Crippen LogP contribution in [0.4, 0.5) is 0 Å². The number of β-amino-alcohol motifs (C(OH)–C–C–N with tert-alkyl or cyclic N) is 1. The maximum absolute atomic E-state index is 11.6. The van der Waals surface area contributed by atoms with Gasteiger partial charge in [0.1, 0.15) is 18.2 Å². The van der Waals surface area contributed by atoms with E-state index in [1.54, 1.807) is 4.68 Å². The first kappa shape index (κ1) is 13.0. The number of likely N-dealkylation sites (tertiary alicyclic amines) is 1. The fourth-order valence-electron chi connectivity index (χ4n) is 2.29. The first-order valence-corrected chi connectivity index (χ1v) is 6.02. The topological polar surface area (TPSA) is 80.5 Å². The largest absolute Gasteiger partial charge is 0.468 e. The van der Waals surface area contributed by atoms with E-state index in [4.69, 9.17) is 4.74 Å². The lowest BCUT2D eigenvalue weighted by Gasteiger charge is -2.21. The number of aliphatic hydroxyl groups excluding tert-OH is 1. The molecule has 2 heterocycles. The maximum atomic E-state index is 11.6. The molecular weight excluding hydrogens is 236 g/mol. The van der Waals surface area contributed by atoms with Crippen molar-refractivity contribution >= 4 is 5.97 Å². The Kier molecular flexibility index (Phi) is 3.93. The van der Waals surface area contributed by atoms with E-state index in [1.165, 1.54) is 13.4 Å². The number of nitrogens with zero attached hydrogens (tertiary/aromatic N) is 4. The number of rotatable bonds is 4. The SMILES string of the molecule is CCn1ncnc1CN1CC(O)CC1C(=O)OC. The van der Waals surface area contributed by atoms with Crippen molar-refractivity contribution in [2.45, 2.75) is 38.6 Å². The van der Waals surface area contributed by atoms with Crippen LogP contribution in [0.5, 0.6) is 0 Å². The molecule has 0 radical (unpaired) electrons. The summed E-state index contributed by atoms with van der Waals surface area (Å²) in [7, 11) is 1.36. The van der Waals surface area contributed by atoms with Gasteiger partial charge in [0.25, 0.3) is 0 Å². The summed E-state index contributed by atoms with van der Waals surface area (Å²) in [6.45, 7) is 3.66. The zero-order valence-corrected chi connectivity index (χ0v) is 10.6. The van der Waals surface area contributed by atoms with Gasteiger partial charge in [-0.05, 0) is 6.92 Å². The molecule has 1 N–H and O–H groups in total. The summed E-state index contributed by atoms with van der Waals surface area (Å²) >= 11 is 0. The molecule has 0 amide bonds. The number of aromatic nitrogens is 3. The Morgan fingerprint density at radius 1 is 1.67 bits per heavy atom. The Morgan fingerprint density at radius 2 is 2.44 bits per heavy atom. The predicted molar refractivity (Wildman–Crippen MR) is 62.5 cm³/mol. The lowest BCUT2D eigenvalue weighted by atomic mass is 10.2. The van der Waals surface area contributed by atoms with E-state index in [1.807, 2.05) is 11.8 Å². The molecule has 7 nitrogen and oxygen atoms in total. The van der Waals surface area contributed by atoms with Crippen molar-refractivity contribution < 1.29 is 14.6 Å². The van der Waals surface area contributed by atoms with Crippen molar-refractivity contribution in [2.24, 2.45) is 0 Å². The van der Waals surface area contributed by atoms with Crippen molar-refractivity contribution in [2.75, 3.05) is 13.7 Å². The smallest absolute Gasteiger partial charge is 0.323 e. The highest BCUT2D eigenvalue weighted by Crippen LogP contribution is 2.20. The van der Waals surface area contributed by atoms with E-state index in [0.717, 1.165) is 12.4 Å². The van der Waals surface area contributed by atoms with Crippen molar-refractivity contribution in [3.05, 3.63) is 12.2 Å². The minimum Gasteiger partial charge on any atom is -0.468 e. The summed E-state index contributed by atoms with van der Waals surface area (Å²) in [5.74, 6) is 0.481. The molecule has 2 rings (SSSR count). The second kappa shape index (κ2) is 5.45. The van der Waals surface area contributed by atoms with Crippen LogP contribution in [-0.2, 0) is 22.6 Å². The van der Waals surface area contributed by atoms with Gasteiger partial charge in [-0.2, -0.15) is 5.10 Å². The number of hydrogen-bond donors (Lipinski definition) is 1. The molecule has 1 aromatic heterocycles. The van der Waals surface area contributed by atoms with Crippen LogP contribution in [0.25, 0.3) is 0 Å². The Labute approximate surface area is 105 Å². The average Bonchev–Trinajstić information content (AvgIpc) is 2.95. The molecule has 1 fully saturated rings. The van der Waals surface area contributed by atoms with E-state index >= 15 is 0 Å². The molecule has 1 aliphatic heterocycles. The zero-order valence-electron chi connectivity index (χ0n) is 10.6. The fourth-order valence-corrected chi connectivity index (χ4v) is 2.29. The molecule has 0 bridgehead atoms. The summed E-state index contributed by atoms with van der Waals surface area (Å²) in [6.07, 6.45) is 1.41. The van der Waals surface area contributed by atoms with Crippen LogP contribution in [0.2, 0.25) is 0 Å². The van der Waals surface area contributed by atoms with Crippen LogP contribution >= 0.6 is 0 Å². The van der Waals surface area contributed by atoms with Crippen molar-refractivity contribution in [3.8, 4) is 0 Å². The van der Waals surface area contributed by atoms with E-state index in [2.05, 4.69) is 10.1 Å². The Bertz CT molecular complexity index is 420. The Balaban J connectivity index is 2.09. The number of carbonyl (C=O) groups excluding carboxylic acids is 1. The third-order valence-electron chi connectivity index (χ3n) is 3.19. The summed E-state index contributed by atoms with van der Waals surface area (Å²) < 4.78 is 6.53. The van der Waals surface area contributed by atoms with Gasteiger partial charge in [0, 0.05) is 19.5 Å². The third kappa shape index (κ3) is 2.51. The van der Waals surface area contributed by atoms with E-state index in [-0.39, 0.29) is 5.97 Å². The van der Waals surface area contributed by atoms with Gasteiger partial charge < -0.3 is 9.84 Å². The summed E-state index contributed by atoms with van der Waals surface area (Å²) in [4.78, 5) is 17.7. The quantitative estimate of drug-likeness (QED) is 0.723. The molecule has 0 spiro atoms. The highest BCUT2D eigenvalue weighted by atomic mass is 16.5. The summed E-state index contributed by atoms with van der Waals surface area (Å²) in [5.41, 5.74) is 0. The number of carbonyl (C=O) groups is 1. The van der Waals surface area contributed by atoms with Crippen molar-refractivity contribution in [1.82, 2.24) is 19.7 Å². The average molecular weight is 254 g/mol. The molecule has 0 saturated carbocycles. The molecule has 1 aromatic rings. The lowest BCUT2D eigenvalue weighted by Crippen LogP contribution is -2.37. The van der Waals surface area contributed by atoms with E-state index in [0.29, 0.717) is 19.5 Å². The van der Waals surface area contributed by atoms with Gasteiger partial charge >= 0.3 is 5.97 Å². The van der Waals surface area contributed by atoms with E-state index < -0.39 is 12.1 Å². The normalized spacial score (nSPS) is 24.4. The molecule has 100 valence electrons. The van der Waals surface area contributed by atoms with Gasteiger partial charge in [0.2, 0.25) is 0 Å². The highest BCUT2D eigenvalue weighted by molar-refractivity contribution is 5.76. The molecule has 1 aliphatic rings. The number of ether oxygens (including phenoxy) is 1. The number of esters is 1. The molecular formula is C11H18N4O3. The molecule has 2 unspecified atom stereocenters. The molecule has 1 saturated heterocycles. The second-order valence-corrected chi connectivity index (χ2v) is 4.35. The molecule has 0 aromatic carbocycles. The molecule has 7 heteroatoms. The minimum absolute atomic E-state index is 0.311. The predicted octanol–water partition coefficient (Wildman–Crippen LogP) is -0.594. The van der Waals surface area contributed by atoms with Crippen LogP contribution < -0.4 is 0 Å². The standard InChI is InChI=1S/C11H18N4O3/c1-3-15-10(12-7-13-15)6-14-5-8(16)4-9(14)11(17)18-2/h7-9,16H,3-6H2,1-2H3. The van der Waals surface area contributed by atoms with Crippen LogP contribution in [0.1, 0.15) is 19.2 Å². The highest BCUT2D eigenvalue weighted by Gasteiger charge is 2.37. The van der Waals surface area contributed by atoms with Gasteiger partial charge in [-0.25, -0.2) is 9.67 Å². The Hall–Kier alpha value is -1.47.